The van der Waals surface area contributed by atoms with Crippen molar-refractivity contribution in [2.24, 2.45) is 5.92 Å². The predicted molar refractivity (Wildman–Crippen MR) is 111 cm³/mol. The summed E-state index contributed by atoms with van der Waals surface area (Å²) in [5, 5.41) is 3.12. The lowest BCUT2D eigenvalue weighted by Crippen LogP contribution is -2.32. The van der Waals surface area contributed by atoms with E-state index in [0.29, 0.717) is 30.1 Å². The fourth-order valence-electron chi connectivity index (χ4n) is 3.51. The maximum Gasteiger partial charge on any atom is 0.251 e. The second kappa shape index (κ2) is 8.45. The van der Waals surface area contributed by atoms with Gasteiger partial charge in [-0.2, -0.15) is 4.31 Å². The minimum absolute atomic E-state index is 0.0437. The summed E-state index contributed by atoms with van der Waals surface area (Å²) in [5.74, 6) is 0.201. The van der Waals surface area contributed by atoms with Crippen LogP contribution in [0.15, 0.2) is 53.4 Å². The van der Waals surface area contributed by atoms with Crippen LogP contribution in [0, 0.1) is 12.8 Å². The molecule has 3 rings (SSSR count). The van der Waals surface area contributed by atoms with Gasteiger partial charge in [0.1, 0.15) is 0 Å². The third kappa shape index (κ3) is 4.28. The van der Waals surface area contributed by atoms with Crippen LogP contribution < -0.4 is 5.32 Å². The molecule has 2 aromatic carbocycles. The maximum absolute atomic E-state index is 12.9. The largest absolute Gasteiger partial charge is 0.345 e. The Morgan fingerprint density at radius 3 is 2.32 bits per heavy atom. The molecule has 0 aliphatic heterocycles. The highest BCUT2D eigenvalue weighted by Gasteiger charge is 2.34. The monoisotopic (exact) mass is 400 g/mol. The van der Waals surface area contributed by atoms with Crippen LogP contribution in [0.5, 0.6) is 0 Å². The van der Waals surface area contributed by atoms with Gasteiger partial charge in [0.2, 0.25) is 10.0 Å². The number of hydrogen-bond acceptors (Lipinski definition) is 3. The van der Waals surface area contributed by atoms with Gasteiger partial charge in [0.25, 0.3) is 5.91 Å². The number of carbonyl (C=O) groups is 1. The van der Waals surface area contributed by atoms with Crippen molar-refractivity contribution in [3.63, 3.8) is 0 Å². The predicted octanol–water partition coefficient (Wildman–Crippen LogP) is 3.91. The number of rotatable bonds is 8. The molecule has 1 aliphatic carbocycles. The van der Waals surface area contributed by atoms with Gasteiger partial charge >= 0.3 is 0 Å². The van der Waals surface area contributed by atoms with Crippen LogP contribution in [0.2, 0.25) is 0 Å². The van der Waals surface area contributed by atoms with E-state index in [1.165, 1.54) is 10.4 Å². The lowest BCUT2D eigenvalue weighted by atomic mass is 10.0. The molecule has 1 atom stereocenters. The first-order chi connectivity index (χ1) is 13.4. The molecular formula is C22H28N2O3S. The SMILES string of the molecule is CCN(CC)S(=O)(=O)c1cc(C(=O)NC(c2ccccc2)C2CC2)ccc1C. The minimum atomic E-state index is -3.62. The van der Waals surface area contributed by atoms with Gasteiger partial charge in [-0.05, 0) is 48.9 Å². The standard InChI is InChI=1S/C22H28N2O3S/c1-4-24(5-2)28(26,27)20-15-19(12-11-16(20)3)22(25)23-21(18-13-14-18)17-9-7-6-8-10-17/h6-12,15,18,21H,4-5,13-14H2,1-3H3,(H,23,25). The molecule has 1 amide bonds. The Labute approximate surface area is 167 Å². The highest BCUT2D eigenvalue weighted by molar-refractivity contribution is 7.89. The molecule has 6 heteroatoms. The molecule has 0 radical (unpaired) electrons. The number of sulfonamides is 1. The Balaban J connectivity index is 1.88. The van der Waals surface area contributed by atoms with Gasteiger partial charge in [-0.1, -0.05) is 50.2 Å². The molecule has 150 valence electrons. The second-order valence-electron chi connectivity index (χ2n) is 7.27. The zero-order valence-electron chi connectivity index (χ0n) is 16.7. The van der Waals surface area contributed by atoms with Gasteiger partial charge in [0, 0.05) is 18.7 Å². The third-order valence-electron chi connectivity index (χ3n) is 5.31. The molecule has 2 aromatic rings. The number of nitrogens with one attached hydrogen (secondary N) is 1. The zero-order valence-corrected chi connectivity index (χ0v) is 17.5. The molecule has 0 aromatic heterocycles. The smallest absolute Gasteiger partial charge is 0.251 e. The molecule has 1 N–H and O–H groups in total. The molecular weight excluding hydrogens is 372 g/mol. The van der Waals surface area contributed by atoms with E-state index in [0.717, 1.165) is 18.4 Å². The van der Waals surface area contributed by atoms with Crippen LogP contribution in [0.3, 0.4) is 0 Å². The van der Waals surface area contributed by atoms with Crippen molar-refractivity contribution in [3.8, 4) is 0 Å². The van der Waals surface area contributed by atoms with E-state index in [1.807, 2.05) is 44.2 Å². The number of carbonyl (C=O) groups excluding carboxylic acids is 1. The average molecular weight is 401 g/mol. The van der Waals surface area contributed by atoms with E-state index in [1.54, 1.807) is 19.1 Å². The molecule has 1 aliphatic rings. The summed E-state index contributed by atoms with van der Waals surface area (Å²) in [7, 11) is -3.62. The lowest BCUT2D eigenvalue weighted by Gasteiger charge is -2.21. The van der Waals surface area contributed by atoms with Crippen molar-refractivity contribution in [1.29, 1.82) is 0 Å². The summed E-state index contributed by atoms with van der Waals surface area (Å²) in [4.78, 5) is 13.1. The van der Waals surface area contributed by atoms with Crippen molar-refractivity contribution in [2.45, 2.75) is 44.6 Å². The molecule has 1 saturated carbocycles. The first kappa shape index (κ1) is 20.6. The molecule has 1 fully saturated rings. The average Bonchev–Trinajstić information content (AvgIpc) is 3.52. The Morgan fingerprint density at radius 1 is 1.11 bits per heavy atom. The number of hydrogen-bond donors (Lipinski definition) is 1. The van der Waals surface area contributed by atoms with Gasteiger partial charge < -0.3 is 5.32 Å². The Bertz CT molecular complexity index is 934. The van der Waals surface area contributed by atoms with Crippen LogP contribution in [-0.4, -0.2) is 31.7 Å². The third-order valence-corrected chi connectivity index (χ3v) is 7.50. The summed E-state index contributed by atoms with van der Waals surface area (Å²) in [6, 6.07) is 14.8. The molecule has 0 spiro atoms. The van der Waals surface area contributed by atoms with Crippen LogP contribution in [-0.2, 0) is 10.0 Å². The Morgan fingerprint density at radius 2 is 1.75 bits per heavy atom. The molecule has 0 saturated heterocycles. The van der Waals surface area contributed by atoms with E-state index < -0.39 is 10.0 Å². The normalized spacial score (nSPS) is 15.4. The van der Waals surface area contributed by atoms with Crippen LogP contribution in [0.4, 0.5) is 0 Å². The van der Waals surface area contributed by atoms with E-state index >= 15 is 0 Å². The molecule has 1 unspecified atom stereocenters. The maximum atomic E-state index is 12.9. The van der Waals surface area contributed by atoms with Crippen LogP contribution in [0.1, 0.15) is 54.2 Å². The quantitative estimate of drug-likeness (QED) is 0.731. The van der Waals surface area contributed by atoms with Gasteiger partial charge in [0.05, 0.1) is 10.9 Å². The van der Waals surface area contributed by atoms with E-state index in [4.69, 9.17) is 0 Å². The highest BCUT2D eigenvalue weighted by Crippen LogP contribution is 2.41. The van der Waals surface area contributed by atoms with Crippen molar-refractivity contribution >= 4 is 15.9 Å². The minimum Gasteiger partial charge on any atom is -0.345 e. The fourth-order valence-corrected chi connectivity index (χ4v) is 5.22. The first-order valence-electron chi connectivity index (χ1n) is 9.85. The molecule has 28 heavy (non-hydrogen) atoms. The number of nitrogens with zero attached hydrogens (tertiary/aromatic N) is 1. The van der Waals surface area contributed by atoms with Crippen LogP contribution in [0.25, 0.3) is 0 Å². The van der Waals surface area contributed by atoms with Gasteiger partial charge in [-0.3, -0.25) is 4.79 Å². The summed E-state index contributed by atoms with van der Waals surface area (Å²) in [6.07, 6.45) is 2.19. The van der Waals surface area contributed by atoms with Crippen LogP contribution >= 0.6 is 0 Å². The second-order valence-corrected chi connectivity index (χ2v) is 9.18. The number of amides is 1. The Hall–Kier alpha value is -2.18. The molecule has 0 heterocycles. The van der Waals surface area contributed by atoms with Crippen molar-refractivity contribution < 1.29 is 13.2 Å². The summed E-state index contributed by atoms with van der Waals surface area (Å²) < 4.78 is 27.3. The van der Waals surface area contributed by atoms with E-state index in [-0.39, 0.29) is 16.8 Å². The van der Waals surface area contributed by atoms with Gasteiger partial charge in [-0.15, -0.1) is 0 Å². The van der Waals surface area contributed by atoms with Gasteiger partial charge in [-0.25, -0.2) is 8.42 Å². The van der Waals surface area contributed by atoms with Crippen molar-refractivity contribution in [3.05, 3.63) is 65.2 Å². The van der Waals surface area contributed by atoms with E-state index in [9.17, 15) is 13.2 Å². The van der Waals surface area contributed by atoms with Crippen molar-refractivity contribution in [2.75, 3.05) is 13.1 Å². The first-order valence-corrected chi connectivity index (χ1v) is 11.3. The lowest BCUT2D eigenvalue weighted by molar-refractivity contribution is 0.0931. The molecule has 5 nitrogen and oxygen atoms in total. The van der Waals surface area contributed by atoms with Crippen molar-refractivity contribution in [1.82, 2.24) is 9.62 Å². The number of aryl methyl sites for hydroxylation is 1. The zero-order chi connectivity index (χ0) is 20.3. The summed E-state index contributed by atoms with van der Waals surface area (Å²) in [5.41, 5.74) is 2.10. The highest BCUT2D eigenvalue weighted by atomic mass is 32.2. The Kier molecular flexibility index (Phi) is 6.20. The molecule has 0 bridgehead atoms. The topological polar surface area (TPSA) is 66.5 Å². The fraction of sp³-hybridized carbons (Fsp3) is 0.409. The summed E-state index contributed by atoms with van der Waals surface area (Å²) in [6.45, 7) is 6.17. The van der Waals surface area contributed by atoms with E-state index in [2.05, 4.69) is 5.32 Å². The summed E-state index contributed by atoms with van der Waals surface area (Å²) >= 11 is 0. The number of benzene rings is 2. The van der Waals surface area contributed by atoms with Gasteiger partial charge in [0.15, 0.2) is 0 Å².